The van der Waals surface area contributed by atoms with Crippen LogP contribution in [0.3, 0.4) is 0 Å². The fourth-order valence-corrected chi connectivity index (χ4v) is 5.51. The first-order chi connectivity index (χ1) is 13.9. The first-order valence-electron chi connectivity index (χ1n) is 9.51. The van der Waals surface area contributed by atoms with Gasteiger partial charge in [0, 0.05) is 24.2 Å². The molecule has 2 heterocycles. The fraction of sp³-hybridized carbons (Fsp3) is 0.273. The topological polar surface area (TPSA) is 67.3 Å². The van der Waals surface area contributed by atoms with Crippen molar-refractivity contribution in [2.45, 2.75) is 29.9 Å². The molecule has 0 bridgehead atoms. The zero-order chi connectivity index (χ0) is 20.6. The van der Waals surface area contributed by atoms with Gasteiger partial charge >= 0.3 is 0 Å². The largest absolute Gasteiger partial charge is 0.338 e. The molecular weight excluding hydrogens is 391 g/mol. The number of pyridine rings is 1. The molecule has 2 aromatic carbocycles. The molecule has 0 saturated carbocycles. The Morgan fingerprint density at radius 2 is 1.72 bits per heavy atom. The number of para-hydroxylation sites is 1. The minimum Gasteiger partial charge on any atom is -0.338 e. The molecule has 1 amide bonds. The maximum absolute atomic E-state index is 13.1. The van der Waals surface area contributed by atoms with E-state index in [4.69, 9.17) is 0 Å². The minimum absolute atomic E-state index is 0.123. The number of likely N-dealkylation sites (tertiary alicyclic amines) is 1. The molecule has 0 N–H and O–H groups in total. The van der Waals surface area contributed by atoms with Crippen LogP contribution in [0.25, 0.3) is 10.9 Å². The Hall–Kier alpha value is -2.80. The molecule has 0 unspecified atom stereocenters. The lowest BCUT2D eigenvalue weighted by atomic mass is 10.1. The summed E-state index contributed by atoms with van der Waals surface area (Å²) >= 11 is 0. The molecule has 4 rings (SSSR count). The highest BCUT2D eigenvalue weighted by molar-refractivity contribution is 7.92. The third-order valence-corrected chi connectivity index (χ3v) is 7.68. The Labute approximate surface area is 169 Å². The summed E-state index contributed by atoms with van der Waals surface area (Å²) in [7, 11) is -3.55. The van der Waals surface area contributed by atoms with Gasteiger partial charge in [0.15, 0.2) is 9.84 Å². The van der Waals surface area contributed by atoms with Crippen molar-refractivity contribution in [3.63, 3.8) is 0 Å². The van der Waals surface area contributed by atoms with Crippen LogP contribution in [0.2, 0.25) is 0 Å². The van der Waals surface area contributed by atoms with Gasteiger partial charge in [0.2, 0.25) is 0 Å². The lowest BCUT2D eigenvalue weighted by molar-refractivity contribution is 0.0727. The van der Waals surface area contributed by atoms with Gasteiger partial charge in [-0.25, -0.2) is 12.8 Å². The first-order valence-corrected chi connectivity index (χ1v) is 11.1. The van der Waals surface area contributed by atoms with E-state index in [0.717, 1.165) is 23.2 Å². The standard InChI is InChI=1S/C22H21FN2O3S/c1-15-5-6-16-3-2-4-20(21(16)24-15)22(26)25-13-11-19(12-14-25)29(27,28)18-9-7-17(23)8-10-18/h2-10,19H,11-14H2,1H3. The van der Waals surface area contributed by atoms with Gasteiger partial charge in [-0.2, -0.15) is 0 Å². The Balaban J connectivity index is 1.52. The van der Waals surface area contributed by atoms with E-state index >= 15 is 0 Å². The van der Waals surface area contributed by atoms with Crippen molar-refractivity contribution in [2.75, 3.05) is 13.1 Å². The van der Waals surface area contributed by atoms with Crippen molar-refractivity contribution in [1.29, 1.82) is 0 Å². The van der Waals surface area contributed by atoms with E-state index in [1.807, 2.05) is 31.2 Å². The summed E-state index contributed by atoms with van der Waals surface area (Å²) in [6.07, 6.45) is 0.700. The van der Waals surface area contributed by atoms with E-state index in [-0.39, 0.29) is 10.8 Å². The van der Waals surface area contributed by atoms with Crippen LogP contribution in [-0.2, 0) is 9.84 Å². The number of fused-ring (bicyclic) bond motifs is 1. The van der Waals surface area contributed by atoms with Gasteiger partial charge in [0.1, 0.15) is 5.82 Å². The normalized spacial score (nSPS) is 15.6. The van der Waals surface area contributed by atoms with Crippen LogP contribution in [0.5, 0.6) is 0 Å². The van der Waals surface area contributed by atoms with E-state index < -0.39 is 20.9 Å². The smallest absolute Gasteiger partial charge is 0.256 e. The molecule has 5 nitrogen and oxygen atoms in total. The third-order valence-electron chi connectivity index (χ3n) is 5.40. The predicted octanol–water partition coefficient (Wildman–Crippen LogP) is 3.76. The molecule has 0 aliphatic carbocycles. The monoisotopic (exact) mass is 412 g/mol. The SMILES string of the molecule is Cc1ccc2cccc(C(=O)N3CCC(S(=O)(=O)c4ccc(F)cc4)CC3)c2n1. The van der Waals surface area contributed by atoms with Gasteiger partial charge in [-0.05, 0) is 56.2 Å². The Morgan fingerprint density at radius 1 is 1.03 bits per heavy atom. The molecule has 3 aromatic rings. The van der Waals surface area contributed by atoms with Crippen molar-refractivity contribution in [3.05, 3.63) is 71.7 Å². The van der Waals surface area contributed by atoms with Gasteiger partial charge < -0.3 is 4.90 Å². The zero-order valence-corrected chi connectivity index (χ0v) is 16.8. The number of aryl methyl sites for hydroxylation is 1. The van der Waals surface area contributed by atoms with E-state index in [1.165, 1.54) is 12.1 Å². The summed E-state index contributed by atoms with van der Waals surface area (Å²) in [5, 5.41) is 0.320. The number of carbonyl (C=O) groups is 1. The van der Waals surface area contributed by atoms with Crippen molar-refractivity contribution < 1.29 is 17.6 Å². The van der Waals surface area contributed by atoms with Crippen molar-refractivity contribution in [2.24, 2.45) is 0 Å². The van der Waals surface area contributed by atoms with Crippen molar-refractivity contribution in [3.8, 4) is 0 Å². The molecule has 1 aromatic heterocycles. The maximum atomic E-state index is 13.1. The Bertz CT molecular complexity index is 1170. The predicted molar refractivity (Wildman–Crippen MR) is 109 cm³/mol. The molecule has 29 heavy (non-hydrogen) atoms. The van der Waals surface area contributed by atoms with Crippen LogP contribution >= 0.6 is 0 Å². The minimum atomic E-state index is -3.55. The summed E-state index contributed by atoms with van der Waals surface area (Å²) in [6, 6.07) is 14.3. The second kappa shape index (κ2) is 7.55. The number of hydrogen-bond donors (Lipinski definition) is 0. The number of rotatable bonds is 3. The number of sulfone groups is 1. The van der Waals surface area contributed by atoms with Crippen molar-refractivity contribution >= 4 is 26.6 Å². The van der Waals surface area contributed by atoms with E-state index in [0.29, 0.717) is 37.0 Å². The number of nitrogens with zero attached hydrogens (tertiary/aromatic N) is 2. The highest BCUT2D eigenvalue weighted by Crippen LogP contribution is 2.27. The van der Waals surface area contributed by atoms with Gasteiger partial charge in [-0.3, -0.25) is 9.78 Å². The zero-order valence-electron chi connectivity index (χ0n) is 16.0. The average molecular weight is 412 g/mol. The quantitative estimate of drug-likeness (QED) is 0.615. The maximum Gasteiger partial charge on any atom is 0.256 e. The summed E-state index contributed by atoms with van der Waals surface area (Å²) in [4.78, 5) is 19.4. The molecular formula is C22H21FN2O3S. The van der Waals surface area contributed by atoms with Gasteiger partial charge in [0.05, 0.1) is 21.2 Å². The van der Waals surface area contributed by atoms with Crippen LogP contribution in [-0.4, -0.2) is 42.5 Å². The lowest BCUT2D eigenvalue weighted by Crippen LogP contribution is -2.42. The number of piperidine rings is 1. The molecule has 1 saturated heterocycles. The second-order valence-electron chi connectivity index (χ2n) is 7.32. The summed E-state index contributed by atoms with van der Waals surface area (Å²) in [5.41, 5.74) is 2.03. The van der Waals surface area contributed by atoms with E-state index in [2.05, 4.69) is 4.98 Å². The number of aromatic nitrogens is 1. The number of halogens is 1. The van der Waals surface area contributed by atoms with Crippen LogP contribution in [0, 0.1) is 12.7 Å². The second-order valence-corrected chi connectivity index (χ2v) is 9.55. The van der Waals surface area contributed by atoms with E-state index in [1.54, 1.807) is 11.0 Å². The summed E-state index contributed by atoms with van der Waals surface area (Å²) in [5.74, 6) is -0.602. The number of hydrogen-bond acceptors (Lipinski definition) is 4. The molecule has 150 valence electrons. The number of carbonyl (C=O) groups excluding carboxylic acids is 1. The van der Waals surface area contributed by atoms with Gasteiger partial charge in [-0.15, -0.1) is 0 Å². The number of benzene rings is 2. The average Bonchev–Trinajstić information content (AvgIpc) is 2.73. The molecule has 0 spiro atoms. The Kier molecular flexibility index (Phi) is 5.08. The van der Waals surface area contributed by atoms with Crippen LogP contribution < -0.4 is 0 Å². The van der Waals surface area contributed by atoms with E-state index in [9.17, 15) is 17.6 Å². The Morgan fingerprint density at radius 3 is 2.41 bits per heavy atom. The highest BCUT2D eigenvalue weighted by Gasteiger charge is 2.33. The fourth-order valence-electron chi connectivity index (χ4n) is 3.77. The van der Waals surface area contributed by atoms with Gasteiger partial charge in [0.25, 0.3) is 5.91 Å². The van der Waals surface area contributed by atoms with Crippen LogP contribution in [0.15, 0.2) is 59.5 Å². The first kappa shape index (κ1) is 19.5. The highest BCUT2D eigenvalue weighted by atomic mass is 32.2. The summed E-state index contributed by atoms with van der Waals surface area (Å²) in [6.45, 7) is 2.59. The molecule has 0 radical (unpaired) electrons. The van der Waals surface area contributed by atoms with Crippen LogP contribution in [0.1, 0.15) is 28.9 Å². The summed E-state index contributed by atoms with van der Waals surface area (Å²) < 4.78 is 38.8. The molecule has 1 aliphatic heterocycles. The number of amides is 1. The lowest BCUT2D eigenvalue weighted by Gasteiger charge is -2.32. The van der Waals surface area contributed by atoms with Crippen LogP contribution in [0.4, 0.5) is 4.39 Å². The molecule has 0 atom stereocenters. The molecule has 7 heteroatoms. The van der Waals surface area contributed by atoms with Crippen molar-refractivity contribution in [1.82, 2.24) is 9.88 Å². The van der Waals surface area contributed by atoms with Gasteiger partial charge in [-0.1, -0.05) is 18.2 Å². The molecule has 1 aliphatic rings. The third kappa shape index (κ3) is 3.74. The molecule has 1 fully saturated rings.